The minimum atomic E-state index is -0.137. The summed E-state index contributed by atoms with van der Waals surface area (Å²) in [6.07, 6.45) is -0.137. The smallest absolute Gasteiger partial charge is 0.112 e. The topological polar surface area (TPSA) is 41.3 Å². The van der Waals surface area contributed by atoms with Crippen molar-refractivity contribution < 1.29 is 0 Å². The van der Waals surface area contributed by atoms with Crippen LogP contribution in [0.1, 0.15) is 11.6 Å². The fourth-order valence-corrected chi connectivity index (χ4v) is 2.50. The molecule has 1 aliphatic heterocycles. The van der Waals surface area contributed by atoms with Crippen LogP contribution in [0.25, 0.3) is 0 Å². The Morgan fingerprint density at radius 3 is 2.47 bits per heavy atom. The highest BCUT2D eigenvalue weighted by molar-refractivity contribution is 6.36. The van der Waals surface area contributed by atoms with Gasteiger partial charge in [-0.2, -0.15) is 0 Å². The van der Waals surface area contributed by atoms with Gasteiger partial charge in [-0.3, -0.25) is 10.2 Å². The molecule has 1 aliphatic rings. The standard InChI is InChI=1S/C10H13Cl2N3/c1-15-8(5-14-10(15)13)9-6(11)3-2-4-7(9)12/h2-4,8,10,14H,5,13H2,1H3. The Bertz CT molecular complexity index is 349. The zero-order chi connectivity index (χ0) is 11.0. The Labute approximate surface area is 99.1 Å². The molecular weight excluding hydrogens is 233 g/mol. The minimum Gasteiger partial charge on any atom is -0.303 e. The van der Waals surface area contributed by atoms with Crippen LogP contribution >= 0.6 is 23.2 Å². The second-order valence-electron chi connectivity index (χ2n) is 3.67. The van der Waals surface area contributed by atoms with Crippen molar-refractivity contribution in [2.24, 2.45) is 5.73 Å². The van der Waals surface area contributed by atoms with Gasteiger partial charge in [-0.15, -0.1) is 0 Å². The molecule has 0 spiro atoms. The molecule has 3 nitrogen and oxygen atoms in total. The van der Waals surface area contributed by atoms with Crippen LogP contribution in [0.3, 0.4) is 0 Å². The van der Waals surface area contributed by atoms with Crippen molar-refractivity contribution in [3.8, 4) is 0 Å². The van der Waals surface area contributed by atoms with Gasteiger partial charge in [0.1, 0.15) is 6.29 Å². The molecule has 5 heteroatoms. The van der Waals surface area contributed by atoms with Gasteiger partial charge < -0.3 is 5.73 Å². The summed E-state index contributed by atoms with van der Waals surface area (Å²) in [6, 6.07) is 5.68. The average molecular weight is 246 g/mol. The van der Waals surface area contributed by atoms with E-state index in [0.717, 1.165) is 12.1 Å². The summed E-state index contributed by atoms with van der Waals surface area (Å²) in [5.74, 6) is 0. The lowest BCUT2D eigenvalue weighted by Crippen LogP contribution is -2.41. The normalized spacial score (nSPS) is 27.2. The molecule has 0 bridgehead atoms. The summed E-state index contributed by atoms with van der Waals surface area (Å²) in [6.45, 7) is 0.765. The Morgan fingerprint density at radius 1 is 1.40 bits per heavy atom. The molecule has 2 unspecified atom stereocenters. The number of hydrogen-bond donors (Lipinski definition) is 2. The van der Waals surface area contributed by atoms with Crippen molar-refractivity contribution in [3.05, 3.63) is 33.8 Å². The van der Waals surface area contributed by atoms with Gasteiger partial charge in [0, 0.05) is 22.2 Å². The zero-order valence-electron chi connectivity index (χ0n) is 8.37. The summed E-state index contributed by atoms with van der Waals surface area (Å²) < 4.78 is 0. The summed E-state index contributed by atoms with van der Waals surface area (Å²) >= 11 is 12.3. The van der Waals surface area contributed by atoms with Gasteiger partial charge in [-0.25, -0.2) is 0 Å². The maximum Gasteiger partial charge on any atom is 0.112 e. The first-order valence-corrected chi connectivity index (χ1v) is 5.51. The molecule has 1 fully saturated rings. The molecule has 1 aromatic rings. The summed E-state index contributed by atoms with van der Waals surface area (Å²) in [5.41, 5.74) is 6.78. The number of hydrogen-bond acceptors (Lipinski definition) is 3. The SMILES string of the molecule is CN1C(N)NCC1c1c(Cl)cccc1Cl. The lowest BCUT2D eigenvalue weighted by atomic mass is 10.1. The monoisotopic (exact) mass is 245 g/mol. The van der Waals surface area contributed by atoms with E-state index in [9.17, 15) is 0 Å². The van der Waals surface area contributed by atoms with Gasteiger partial charge in [-0.05, 0) is 19.2 Å². The molecule has 0 saturated carbocycles. The number of likely N-dealkylation sites (N-methyl/N-ethyl adjacent to an activating group) is 1. The van der Waals surface area contributed by atoms with Crippen molar-refractivity contribution in [3.63, 3.8) is 0 Å². The molecule has 2 atom stereocenters. The molecule has 0 aliphatic carbocycles. The Morgan fingerprint density at radius 2 is 2.00 bits per heavy atom. The van der Waals surface area contributed by atoms with E-state index in [1.54, 1.807) is 0 Å². The predicted molar refractivity (Wildman–Crippen MR) is 62.9 cm³/mol. The van der Waals surface area contributed by atoms with Crippen LogP contribution < -0.4 is 11.1 Å². The van der Waals surface area contributed by atoms with E-state index in [-0.39, 0.29) is 12.3 Å². The molecular formula is C10H13Cl2N3. The van der Waals surface area contributed by atoms with Crippen LogP contribution in [0.2, 0.25) is 10.0 Å². The summed E-state index contributed by atoms with van der Waals surface area (Å²) in [4.78, 5) is 2.02. The lowest BCUT2D eigenvalue weighted by molar-refractivity contribution is 0.243. The molecule has 82 valence electrons. The largest absolute Gasteiger partial charge is 0.303 e. The van der Waals surface area contributed by atoms with Gasteiger partial charge in [0.15, 0.2) is 0 Å². The minimum absolute atomic E-state index is 0.137. The molecule has 1 heterocycles. The van der Waals surface area contributed by atoms with Crippen molar-refractivity contribution in [2.45, 2.75) is 12.3 Å². The van der Waals surface area contributed by atoms with Crippen molar-refractivity contribution in [1.29, 1.82) is 0 Å². The van der Waals surface area contributed by atoms with E-state index in [2.05, 4.69) is 5.32 Å². The molecule has 1 aromatic carbocycles. The maximum atomic E-state index is 6.14. The van der Waals surface area contributed by atoms with Gasteiger partial charge in [0.25, 0.3) is 0 Å². The third kappa shape index (κ3) is 1.98. The summed E-state index contributed by atoms with van der Waals surface area (Å²) in [5, 5.41) is 4.54. The third-order valence-electron chi connectivity index (χ3n) is 2.78. The van der Waals surface area contributed by atoms with Gasteiger partial charge >= 0.3 is 0 Å². The van der Waals surface area contributed by atoms with Crippen LogP contribution in [-0.4, -0.2) is 24.8 Å². The van der Waals surface area contributed by atoms with E-state index >= 15 is 0 Å². The molecule has 2 rings (SSSR count). The first kappa shape index (κ1) is 11.2. The molecule has 0 amide bonds. The van der Waals surface area contributed by atoms with Gasteiger partial charge in [-0.1, -0.05) is 29.3 Å². The van der Waals surface area contributed by atoms with E-state index < -0.39 is 0 Å². The number of rotatable bonds is 1. The number of nitrogens with one attached hydrogen (secondary N) is 1. The highest BCUT2D eigenvalue weighted by Gasteiger charge is 2.31. The van der Waals surface area contributed by atoms with Crippen molar-refractivity contribution in [2.75, 3.05) is 13.6 Å². The van der Waals surface area contributed by atoms with Crippen LogP contribution in [0.4, 0.5) is 0 Å². The molecule has 15 heavy (non-hydrogen) atoms. The first-order chi connectivity index (χ1) is 7.11. The first-order valence-electron chi connectivity index (χ1n) is 4.76. The molecule has 0 aromatic heterocycles. The van der Waals surface area contributed by atoms with Crippen LogP contribution in [0, 0.1) is 0 Å². The Hall–Kier alpha value is -0.320. The lowest BCUT2D eigenvalue weighted by Gasteiger charge is -2.23. The van der Waals surface area contributed by atoms with Crippen LogP contribution in [0.15, 0.2) is 18.2 Å². The molecule has 1 saturated heterocycles. The number of nitrogens with zero attached hydrogens (tertiary/aromatic N) is 1. The number of halogens is 2. The van der Waals surface area contributed by atoms with Crippen LogP contribution in [0.5, 0.6) is 0 Å². The second-order valence-corrected chi connectivity index (χ2v) is 4.48. The van der Waals surface area contributed by atoms with Gasteiger partial charge in [0.2, 0.25) is 0 Å². The van der Waals surface area contributed by atoms with E-state index in [0.29, 0.717) is 10.0 Å². The zero-order valence-corrected chi connectivity index (χ0v) is 9.89. The second kappa shape index (κ2) is 4.28. The summed E-state index contributed by atoms with van der Waals surface area (Å²) in [7, 11) is 1.95. The number of benzene rings is 1. The highest BCUT2D eigenvalue weighted by atomic mass is 35.5. The predicted octanol–water partition coefficient (Wildman–Crippen LogP) is 1.81. The molecule has 3 N–H and O–H groups in total. The van der Waals surface area contributed by atoms with Crippen molar-refractivity contribution in [1.82, 2.24) is 10.2 Å². The van der Waals surface area contributed by atoms with E-state index in [1.807, 2.05) is 30.1 Å². The van der Waals surface area contributed by atoms with Crippen molar-refractivity contribution >= 4 is 23.2 Å². The van der Waals surface area contributed by atoms with E-state index in [4.69, 9.17) is 28.9 Å². The van der Waals surface area contributed by atoms with Crippen LogP contribution in [-0.2, 0) is 0 Å². The third-order valence-corrected chi connectivity index (χ3v) is 3.44. The Balaban J connectivity index is 2.38. The number of nitrogens with two attached hydrogens (primary N) is 1. The van der Waals surface area contributed by atoms with E-state index in [1.165, 1.54) is 0 Å². The fourth-order valence-electron chi connectivity index (χ4n) is 1.85. The quantitative estimate of drug-likeness (QED) is 0.794. The maximum absolute atomic E-state index is 6.14. The van der Waals surface area contributed by atoms with Gasteiger partial charge in [0.05, 0.1) is 6.04 Å². The highest BCUT2D eigenvalue weighted by Crippen LogP contribution is 2.34. The molecule has 0 radical (unpaired) electrons. The fraction of sp³-hybridized carbons (Fsp3) is 0.400. The average Bonchev–Trinajstić information content (AvgIpc) is 2.49. The Kier molecular flexibility index (Phi) is 3.19.